The van der Waals surface area contributed by atoms with Crippen LogP contribution >= 0.6 is 0 Å². The molecule has 3 atom stereocenters. The van der Waals surface area contributed by atoms with Gasteiger partial charge in [0.15, 0.2) is 0 Å². The van der Waals surface area contributed by atoms with E-state index in [9.17, 15) is 19.5 Å². The van der Waals surface area contributed by atoms with Crippen LogP contribution in [-0.4, -0.2) is 52.3 Å². The molecule has 0 radical (unpaired) electrons. The number of likely N-dealkylation sites (tertiary alicyclic amines) is 1. The molecule has 0 aromatic rings. The van der Waals surface area contributed by atoms with Crippen LogP contribution in [0.3, 0.4) is 0 Å². The lowest BCUT2D eigenvalue weighted by Gasteiger charge is -2.26. The van der Waals surface area contributed by atoms with E-state index < -0.39 is 29.8 Å². The fourth-order valence-electron chi connectivity index (χ4n) is 2.09. The average Bonchev–Trinajstić information content (AvgIpc) is 2.79. The number of ether oxygens (including phenoxy) is 2. The van der Waals surface area contributed by atoms with Crippen molar-refractivity contribution in [2.45, 2.75) is 65.2 Å². The summed E-state index contributed by atoms with van der Waals surface area (Å²) in [5.74, 6) is -1.76. The molecule has 1 heterocycles. The Hall–Kier alpha value is -1.79. The number of hydrogen-bond acceptors (Lipinski definition) is 5. The van der Waals surface area contributed by atoms with E-state index in [4.69, 9.17) is 9.47 Å². The fraction of sp³-hybridized carbons (Fsp3) is 0.800. The third-order valence-corrected chi connectivity index (χ3v) is 3.47. The molecule has 0 saturated carbocycles. The van der Waals surface area contributed by atoms with Gasteiger partial charge in [0.2, 0.25) is 0 Å². The Kier molecular flexibility index (Phi) is 5.79. The molecule has 1 unspecified atom stereocenters. The van der Waals surface area contributed by atoms with Crippen LogP contribution in [0.15, 0.2) is 0 Å². The largest absolute Gasteiger partial charge is 0.480 e. The number of hydrogen-bond donors (Lipinski definition) is 1. The van der Waals surface area contributed by atoms with Crippen molar-refractivity contribution in [1.82, 2.24) is 4.90 Å². The summed E-state index contributed by atoms with van der Waals surface area (Å²) in [7, 11) is 0. The van der Waals surface area contributed by atoms with Crippen molar-refractivity contribution in [3.63, 3.8) is 0 Å². The maximum Gasteiger partial charge on any atom is 0.411 e. The number of nitrogens with zero attached hydrogens (tertiary/aromatic N) is 1. The van der Waals surface area contributed by atoms with Crippen molar-refractivity contribution < 1.29 is 29.0 Å². The van der Waals surface area contributed by atoms with Gasteiger partial charge in [-0.25, -0.2) is 9.59 Å². The molecular weight excluding hydrogens is 290 g/mol. The summed E-state index contributed by atoms with van der Waals surface area (Å²) in [4.78, 5) is 36.3. The topological polar surface area (TPSA) is 93.1 Å². The minimum absolute atomic E-state index is 0.0358. The quantitative estimate of drug-likeness (QED) is 0.798. The number of rotatable bonds is 4. The summed E-state index contributed by atoms with van der Waals surface area (Å²) in [6, 6.07) is -1.04. The molecule has 1 aliphatic rings. The van der Waals surface area contributed by atoms with E-state index in [1.165, 1.54) is 0 Å². The third kappa shape index (κ3) is 4.89. The van der Waals surface area contributed by atoms with Gasteiger partial charge in [-0.15, -0.1) is 0 Å². The predicted octanol–water partition coefficient (Wildman–Crippen LogP) is 2.04. The lowest BCUT2D eigenvalue weighted by atomic mass is 10.1. The number of esters is 1. The molecule has 126 valence electrons. The lowest BCUT2D eigenvalue weighted by Crippen LogP contribution is -2.43. The maximum atomic E-state index is 12.1. The number of carboxylic acid groups (broad SMARTS) is 1. The van der Waals surface area contributed by atoms with Crippen LogP contribution in [0.25, 0.3) is 0 Å². The van der Waals surface area contributed by atoms with Crippen LogP contribution < -0.4 is 0 Å². The minimum Gasteiger partial charge on any atom is -0.480 e. The molecule has 0 bridgehead atoms. The SMILES string of the molecule is CCC(C)C(=O)O[C@@H]1C[C@@H](C(=O)O)N(C(=O)OC(C)(C)C)C1. The molecule has 7 heteroatoms. The molecule has 1 N–H and O–H groups in total. The van der Waals surface area contributed by atoms with Gasteiger partial charge in [-0.05, 0) is 27.2 Å². The Labute approximate surface area is 130 Å². The Balaban J connectivity index is 2.75. The second-order valence-electron chi connectivity index (χ2n) is 6.59. The molecule has 7 nitrogen and oxygen atoms in total. The van der Waals surface area contributed by atoms with Gasteiger partial charge in [-0.2, -0.15) is 0 Å². The van der Waals surface area contributed by atoms with E-state index in [-0.39, 0.29) is 24.9 Å². The van der Waals surface area contributed by atoms with Gasteiger partial charge in [0, 0.05) is 6.42 Å². The van der Waals surface area contributed by atoms with E-state index in [0.29, 0.717) is 6.42 Å². The number of carboxylic acids is 1. The number of amides is 1. The first-order valence-electron chi connectivity index (χ1n) is 7.48. The molecular formula is C15H25NO6. The van der Waals surface area contributed by atoms with Gasteiger partial charge >= 0.3 is 18.0 Å². The highest BCUT2D eigenvalue weighted by atomic mass is 16.6. The summed E-state index contributed by atoms with van der Waals surface area (Å²) in [5.41, 5.74) is -0.717. The standard InChI is InChI=1S/C15H25NO6/c1-6-9(2)13(19)21-10-7-11(12(17)18)16(8-10)14(20)22-15(3,4)5/h9-11H,6-8H2,1-5H3,(H,17,18)/t9?,10-,11+/m1/s1. The van der Waals surface area contributed by atoms with Crippen LogP contribution in [0.5, 0.6) is 0 Å². The van der Waals surface area contributed by atoms with Crippen molar-refractivity contribution in [2.24, 2.45) is 5.92 Å². The molecule has 0 aliphatic carbocycles. The minimum atomic E-state index is -1.13. The lowest BCUT2D eigenvalue weighted by molar-refractivity contribution is -0.153. The van der Waals surface area contributed by atoms with Crippen molar-refractivity contribution in [3.8, 4) is 0 Å². The number of aliphatic carboxylic acids is 1. The van der Waals surface area contributed by atoms with Gasteiger partial charge < -0.3 is 14.6 Å². The number of carbonyl (C=O) groups excluding carboxylic acids is 2. The third-order valence-electron chi connectivity index (χ3n) is 3.47. The van der Waals surface area contributed by atoms with Crippen molar-refractivity contribution in [2.75, 3.05) is 6.54 Å². The van der Waals surface area contributed by atoms with Crippen LogP contribution in [0, 0.1) is 5.92 Å². The number of carbonyl (C=O) groups is 3. The zero-order valence-corrected chi connectivity index (χ0v) is 13.8. The van der Waals surface area contributed by atoms with Crippen molar-refractivity contribution in [1.29, 1.82) is 0 Å². The maximum absolute atomic E-state index is 12.1. The molecule has 22 heavy (non-hydrogen) atoms. The summed E-state index contributed by atoms with van der Waals surface area (Å²) in [6.07, 6.45) is -0.599. The van der Waals surface area contributed by atoms with E-state index in [0.717, 1.165) is 4.90 Å². The Morgan fingerprint density at radius 3 is 2.36 bits per heavy atom. The highest BCUT2D eigenvalue weighted by Gasteiger charge is 2.43. The summed E-state index contributed by atoms with van der Waals surface area (Å²) in [5, 5.41) is 9.25. The van der Waals surface area contributed by atoms with Crippen molar-refractivity contribution >= 4 is 18.0 Å². The molecule has 0 aromatic carbocycles. The van der Waals surface area contributed by atoms with Gasteiger partial charge in [0.05, 0.1) is 12.5 Å². The fourth-order valence-corrected chi connectivity index (χ4v) is 2.09. The summed E-state index contributed by atoms with van der Waals surface area (Å²) < 4.78 is 10.5. The molecule has 1 amide bonds. The second kappa shape index (κ2) is 6.98. The zero-order chi connectivity index (χ0) is 17.1. The van der Waals surface area contributed by atoms with Crippen LogP contribution in [0.2, 0.25) is 0 Å². The summed E-state index contributed by atoms with van der Waals surface area (Å²) >= 11 is 0. The molecule has 0 aromatic heterocycles. The first kappa shape index (κ1) is 18.3. The van der Waals surface area contributed by atoms with Gasteiger partial charge in [0.25, 0.3) is 0 Å². The molecule has 1 fully saturated rings. The van der Waals surface area contributed by atoms with E-state index in [2.05, 4.69) is 0 Å². The highest BCUT2D eigenvalue weighted by molar-refractivity contribution is 5.81. The zero-order valence-electron chi connectivity index (χ0n) is 13.8. The van der Waals surface area contributed by atoms with E-state index >= 15 is 0 Å². The highest BCUT2D eigenvalue weighted by Crippen LogP contribution is 2.24. The molecule has 1 rings (SSSR count). The van der Waals surface area contributed by atoms with Gasteiger partial charge in [-0.3, -0.25) is 9.69 Å². The average molecular weight is 315 g/mol. The smallest absolute Gasteiger partial charge is 0.411 e. The van der Waals surface area contributed by atoms with E-state index in [1.54, 1.807) is 27.7 Å². The normalized spacial score (nSPS) is 23.0. The van der Waals surface area contributed by atoms with Crippen molar-refractivity contribution in [3.05, 3.63) is 0 Å². The Morgan fingerprint density at radius 2 is 1.91 bits per heavy atom. The van der Waals surface area contributed by atoms with Crippen LogP contribution in [0.1, 0.15) is 47.5 Å². The first-order chi connectivity index (χ1) is 10.0. The first-order valence-corrected chi connectivity index (χ1v) is 7.48. The van der Waals surface area contributed by atoms with Gasteiger partial charge in [-0.1, -0.05) is 13.8 Å². The molecule has 1 aliphatic heterocycles. The monoisotopic (exact) mass is 315 g/mol. The molecule has 0 spiro atoms. The second-order valence-corrected chi connectivity index (χ2v) is 6.59. The van der Waals surface area contributed by atoms with Crippen LogP contribution in [0.4, 0.5) is 4.79 Å². The summed E-state index contributed by atoms with van der Waals surface area (Å²) in [6.45, 7) is 8.77. The van der Waals surface area contributed by atoms with E-state index in [1.807, 2.05) is 6.92 Å². The van der Waals surface area contributed by atoms with Gasteiger partial charge in [0.1, 0.15) is 17.7 Å². The predicted molar refractivity (Wildman–Crippen MR) is 78.3 cm³/mol. The van der Waals surface area contributed by atoms with Crippen LogP contribution in [-0.2, 0) is 19.1 Å². The Morgan fingerprint density at radius 1 is 1.32 bits per heavy atom. The molecule has 1 saturated heterocycles. The Bertz CT molecular complexity index is 442.